The lowest BCUT2D eigenvalue weighted by Gasteiger charge is -2.24. The second-order valence-corrected chi connectivity index (χ2v) is 10.4. The fourth-order valence-electron chi connectivity index (χ4n) is 3.99. The number of anilines is 1. The summed E-state index contributed by atoms with van der Waals surface area (Å²) >= 11 is 8.69. The molecule has 2 aromatic heterocycles. The van der Waals surface area contributed by atoms with Gasteiger partial charge in [-0.2, -0.15) is 0 Å². The number of benzene rings is 2. The van der Waals surface area contributed by atoms with Gasteiger partial charge in [-0.3, -0.25) is 14.5 Å². The van der Waals surface area contributed by atoms with Crippen molar-refractivity contribution >= 4 is 61.3 Å². The Labute approximate surface area is 215 Å². The van der Waals surface area contributed by atoms with Crippen LogP contribution in [-0.4, -0.2) is 28.4 Å². The Morgan fingerprint density at radius 3 is 2.83 bits per heavy atom. The van der Waals surface area contributed by atoms with Gasteiger partial charge in [0.05, 0.1) is 33.3 Å². The van der Waals surface area contributed by atoms with Crippen molar-refractivity contribution < 1.29 is 19.4 Å². The van der Waals surface area contributed by atoms with E-state index in [0.29, 0.717) is 38.5 Å². The van der Waals surface area contributed by atoms with Crippen LogP contribution in [0.3, 0.4) is 0 Å². The van der Waals surface area contributed by atoms with E-state index in [9.17, 15) is 14.7 Å². The molecule has 9 heteroatoms. The Hall–Kier alpha value is -3.20. The molecule has 1 amide bonds. The molecule has 0 saturated carbocycles. The molecule has 1 aliphatic rings. The lowest BCUT2D eigenvalue weighted by atomic mass is 9.95. The number of amides is 1. The van der Waals surface area contributed by atoms with E-state index in [-0.39, 0.29) is 11.4 Å². The first-order valence-electron chi connectivity index (χ1n) is 11.1. The van der Waals surface area contributed by atoms with Crippen LogP contribution in [0, 0.1) is 0 Å². The summed E-state index contributed by atoms with van der Waals surface area (Å²) in [6.45, 7) is 2.65. The van der Waals surface area contributed by atoms with E-state index in [2.05, 4.69) is 11.9 Å². The second-order valence-electron chi connectivity index (χ2n) is 8.03. The van der Waals surface area contributed by atoms with Crippen LogP contribution >= 0.6 is 34.3 Å². The van der Waals surface area contributed by atoms with E-state index in [4.69, 9.17) is 16.3 Å². The van der Waals surface area contributed by atoms with Gasteiger partial charge in [0.15, 0.2) is 10.9 Å². The van der Waals surface area contributed by atoms with Gasteiger partial charge in [-0.15, -0.1) is 11.3 Å². The van der Waals surface area contributed by atoms with Gasteiger partial charge in [0.1, 0.15) is 5.75 Å². The molecule has 0 unspecified atom stereocenters. The molecule has 178 valence electrons. The Morgan fingerprint density at radius 2 is 2.06 bits per heavy atom. The van der Waals surface area contributed by atoms with Crippen LogP contribution in [0.15, 0.2) is 71.3 Å². The molecular formula is C26H21ClN2O4S2. The standard InChI is InChI=1S/C26H21ClN2O4S2/c1-2-3-11-33-17-7-4-6-15(13-17)22-21(23(30)19-8-5-12-34-19)24(31)25(32)29(22)26-28-18-10-9-16(27)14-20(18)35-26/h4-10,12-14,22,31H,2-3,11H2,1H3/t22-/m1/s1. The highest BCUT2D eigenvalue weighted by Gasteiger charge is 2.46. The number of hydrogen-bond donors (Lipinski definition) is 1. The van der Waals surface area contributed by atoms with Gasteiger partial charge in [0.25, 0.3) is 5.91 Å². The van der Waals surface area contributed by atoms with Gasteiger partial charge in [0.2, 0.25) is 5.78 Å². The van der Waals surface area contributed by atoms with E-state index in [1.807, 2.05) is 24.3 Å². The normalized spacial score (nSPS) is 15.9. The van der Waals surface area contributed by atoms with Crippen LogP contribution < -0.4 is 9.64 Å². The molecule has 0 bridgehead atoms. The van der Waals surface area contributed by atoms with Gasteiger partial charge in [-0.1, -0.05) is 54.5 Å². The van der Waals surface area contributed by atoms with Crippen LogP contribution in [0.1, 0.15) is 41.0 Å². The van der Waals surface area contributed by atoms with Crippen LogP contribution in [0.4, 0.5) is 5.13 Å². The number of rotatable bonds is 8. The Kier molecular flexibility index (Phi) is 6.60. The number of aromatic nitrogens is 1. The van der Waals surface area contributed by atoms with E-state index in [1.165, 1.54) is 27.6 Å². The zero-order chi connectivity index (χ0) is 24.5. The molecule has 0 radical (unpaired) electrons. The zero-order valence-electron chi connectivity index (χ0n) is 18.7. The molecule has 0 saturated heterocycles. The molecule has 0 fully saturated rings. The third kappa shape index (κ3) is 4.45. The third-order valence-corrected chi connectivity index (χ3v) is 7.80. The average Bonchev–Trinajstić information content (AvgIpc) is 3.58. The number of nitrogens with zero attached hydrogens (tertiary/aromatic N) is 2. The summed E-state index contributed by atoms with van der Waals surface area (Å²) in [5.41, 5.74) is 1.35. The van der Waals surface area contributed by atoms with Crippen molar-refractivity contribution in [3.05, 3.63) is 86.8 Å². The molecule has 1 N–H and O–H groups in total. The monoisotopic (exact) mass is 524 g/mol. The van der Waals surface area contributed by atoms with Crippen molar-refractivity contribution in [2.75, 3.05) is 11.5 Å². The highest BCUT2D eigenvalue weighted by Crippen LogP contribution is 2.45. The van der Waals surface area contributed by atoms with E-state index in [0.717, 1.165) is 17.5 Å². The number of aliphatic hydroxyl groups excluding tert-OH is 1. The van der Waals surface area contributed by atoms with Crippen molar-refractivity contribution in [3.8, 4) is 5.75 Å². The van der Waals surface area contributed by atoms with Crippen molar-refractivity contribution in [2.24, 2.45) is 0 Å². The second kappa shape index (κ2) is 9.81. The zero-order valence-corrected chi connectivity index (χ0v) is 21.1. The first-order valence-corrected chi connectivity index (χ1v) is 13.2. The number of unbranched alkanes of at least 4 members (excludes halogenated alkanes) is 1. The van der Waals surface area contributed by atoms with Crippen molar-refractivity contribution in [2.45, 2.75) is 25.8 Å². The molecular weight excluding hydrogens is 504 g/mol. The number of ether oxygens (including phenoxy) is 1. The molecule has 3 heterocycles. The lowest BCUT2D eigenvalue weighted by molar-refractivity contribution is -0.117. The lowest BCUT2D eigenvalue weighted by Crippen LogP contribution is -2.30. The maximum Gasteiger partial charge on any atom is 0.296 e. The number of Topliss-reactive ketones (excluding diaryl/α,β-unsaturated/α-hetero) is 1. The number of carbonyl (C=O) groups excluding carboxylic acids is 2. The maximum absolute atomic E-state index is 13.5. The SMILES string of the molecule is CCCCOc1cccc([C@@H]2C(C(=O)c3cccs3)=C(O)C(=O)N2c2nc3ccc(Cl)cc3s2)c1. The van der Waals surface area contributed by atoms with E-state index in [1.54, 1.807) is 35.7 Å². The van der Waals surface area contributed by atoms with Crippen LogP contribution in [0.5, 0.6) is 5.75 Å². The molecule has 1 atom stereocenters. The largest absolute Gasteiger partial charge is 0.503 e. The quantitative estimate of drug-likeness (QED) is 0.199. The summed E-state index contributed by atoms with van der Waals surface area (Å²) in [5.74, 6) is -0.992. The minimum Gasteiger partial charge on any atom is -0.503 e. The number of thiazole rings is 1. The Bertz CT molecular complexity index is 1440. The summed E-state index contributed by atoms with van der Waals surface area (Å²) in [7, 11) is 0. The molecule has 2 aromatic carbocycles. The Morgan fingerprint density at radius 1 is 1.20 bits per heavy atom. The highest BCUT2D eigenvalue weighted by molar-refractivity contribution is 7.22. The molecule has 5 rings (SSSR count). The van der Waals surface area contributed by atoms with E-state index >= 15 is 0 Å². The summed E-state index contributed by atoms with van der Waals surface area (Å²) in [6.07, 6.45) is 1.91. The number of thiophene rings is 1. The molecule has 6 nitrogen and oxygen atoms in total. The van der Waals surface area contributed by atoms with Crippen molar-refractivity contribution in [1.82, 2.24) is 4.98 Å². The number of fused-ring (bicyclic) bond motifs is 1. The minimum absolute atomic E-state index is 0.0282. The molecule has 0 aliphatic carbocycles. The van der Waals surface area contributed by atoms with Crippen molar-refractivity contribution in [1.29, 1.82) is 0 Å². The minimum atomic E-state index is -0.858. The first kappa shape index (κ1) is 23.5. The number of carbonyl (C=O) groups is 2. The number of halogens is 1. The predicted molar refractivity (Wildman–Crippen MR) is 140 cm³/mol. The molecule has 35 heavy (non-hydrogen) atoms. The molecule has 4 aromatic rings. The van der Waals surface area contributed by atoms with E-state index < -0.39 is 17.7 Å². The summed E-state index contributed by atoms with van der Waals surface area (Å²) in [4.78, 5) is 33.3. The molecule has 1 aliphatic heterocycles. The van der Waals surface area contributed by atoms with Gasteiger partial charge in [-0.25, -0.2) is 4.98 Å². The summed E-state index contributed by atoms with van der Waals surface area (Å²) < 4.78 is 6.68. The van der Waals surface area contributed by atoms with Gasteiger partial charge < -0.3 is 9.84 Å². The first-order chi connectivity index (χ1) is 17.0. The fourth-order valence-corrected chi connectivity index (χ4v) is 5.93. The third-order valence-electron chi connectivity index (χ3n) is 5.68. The average molecular weight is 525 g/mol. The van der Waals surface area contributed by atoms with Crippen molar-refractivity contribution in [3.63, 3.8) is 0 Å². The number of hydrogen-bond acceptors (Lipinski definition) is 7. The number of aliphatic hydroxyl groups is 1. The fraction of sp³-hybridized carbons (Fsp3) is 0.192. The summed E-state index contributed by atoms with van der Waals surface area (Å²) in [6, 6.07) is 15.2. The van der Waals surface area contributed by atoms with Crippen LogP contribution in [-0.2, 0) is 4.79 Å². The smallest absolute Gasteiger partial charge is 0.296 e. The predicted octanol–water partition coefficient (Wildman–Crippen LogP) is 6.97. The topological polar surface area (TPSA) is 79.7 Å². The van der Waals surface area contributed by atoms with Gasteiger partial charge >= 0.3 is 0 Å². The van der Waals surface area contributed by atoms with Gasteiger partial charge in [0, 0.05) is 5.02 Å². The molecule has 0 spiro atoms. The Balaban J connectivity index is 1.63. The number of ketones is 1. The summed E-state index contributed by atoms with van der Waals surface area (Å²) in [5, 5.41) is 13.7. The van der Waals surface area contributed by atoms with Gasteiger partial charge in [-0.05, 0) is 53.8 Å². The maximum atomic E-state index is 13.5. The highest BCUT2D eigenvalue weighted by atomic mass is 35.5. The van der Waals surface area contributed by atoms with Crippen LogP contribution in [0.2, 0.25) is 5.02 Å². The van der Waals surface area contributed by atoms with Crippen LogP contribution in [0.25, 0.3) is 10.2 Å².